The van der Waals surface area contributed by atoms with E-state index in [9.17, 15) is 4.79 Å². The van der Waals surface area contributed by atoms with Crippen molar-refractivity contribution >= 4 is 22.9 Å². The molecule has 2 heterocycles. The van der Waals surface area contributed by atoms with Crippen molar-refractivity contribution in [2.75, 3.05) is 20.2 Å². The first-order chi connectivity index (χ1) is 15.2. The average molecular weight is 430 g/mol. The lowest BCUT2D eigenvalue weighted by Gasteiger charge is -2.43. The van der Waals surface area contributed by atoms with Crippen molar-refractivity contribution in [3.8, 4) is 0 Å². The summed E-state index contributed by atoms with van der Waals surface area (Å²) in [6.45, 7) is 2.41. The van der Waals surface area contributed by atoms with Gasteiger partial charge in [0, 0.05) is 31.5 Å². The van der Waals surface area contributed by atoms with E-state index in [1.165, 1.54) is 22.3 Å². The first-order valence-electron chi connectivity index (χ1n) is 10.8. The van der Waals surface area contributed by atoms with Gasteiger partial charge in [-0.05, 0) is 45.5 Å². The second kappa shape index (κ2) is 8.45. The summed E-state index contributed by atoms with van der Waals surface area (Å²) in [5.41, 5.74) is 4.46. The lowest BCUT2D eigenvalue weighted by molar-refractivity contribution is -0.155. The lowest BCUT2D eigenvalue weighted by Crippen LogP contribution is -2.47. The molecule has 1 aliphatic heterocycles. The van der Waals surface area contributed by atoms with Crippen LogP contribution < -0.4 is 0 Å². The standard InChI is InChI=1S/C27H27NO2S/c1-30-26(29)27-19-28(16-20-8-4-2-5-9-20)17-25(27)23(22-14-15-31-18-22)12-13-24(27)21-10-6-3-7-11-21/h2-12,14-15,18,24-25H,13,16-17,19H2,1H3. The summed E-state index contributed by atoms with van der Waals surface area (Å²) in [6, 6.07) is 23.2. The van der Waals surface area contributed by atoms with Gasteiger partial charge in [-0.3, -0.25) is 9.69 Å². The van der Waals surface area contributed by atoms with E-state index in [1.807, 2.05) is 12.1 Å². The topological polar surface area (TPSA) is 29.5 Å². The molecule has 0 saturated carbocycles. The highest BCUT2D eigenvalue weighted by atomic mass is 32.1. The number of carbonyl (C=O) groups is 1. The molecule has 3 aromatic rings. The Morgan fingerprint density at radius 1 is 1.06 bits per heavy atom. The number of hydrogen-bond acceptors (Lipinski definition) is 4. The van der Waals surface area contributed by atoms with E-state index in [1.54, 1.807) is 18.4 Å². The molecular weight excluding hydrogens is 402 g/mol. The van der Waals surface area contributed by atoms with Crippen LogP contribution in [0.25, 0.3) is 5.57 Å². The summed E-state index contributed by atoms with van der Waals surface area (Å²) < 4.78 is 5.52. The van der Waals surface area contributed by atoms with Gasteiger partial charge in [0.25, 0.3) is 0 Å². The Kier molecular flexibility index (Phi) is 5.51. The molecule has 0 amide bonds. The van der Waals surface area contributed by atoms with Crippen molar-refractivity contribution in [1.29, 1.82) is 0 Å². The molecular formula is C27H27NO2S. The van der Waals surface area contributed by atoms with Crippen LogP contribution in [-0.4, -0.2) is 31.1 Å². The highest BCUT2D eigenvalue weighted by Crippen LogP contribution is 2.57. The third-order valence-electron chi connectivity index (χ3n) is 6.99. The smallest absolute Gasteiger partial charge is 0.314 e. The van der Waals surface area contributed by atoms with E-state index in [2.05, 4.69) is 76.3 Å². The van der Waals surface area contributed by atoms with Crippen LogP contribution in [0.5, 0.6) is 0 Å². The van der Waals surface area contributed by atoms with Crippen LogP contribution in [-0.2, 0) is 16.1 Å². The Morgan fingerprint density at radius 2 is 1.81 bits per heavy atom. The van der Waals surface area contributed by atoms with Gasteiger partial charge >= 0.3 is 5.97 Å². The van der Waals surface area contributed by atoms with Crippen molar-refractivity contribution in [3.63, 3.8) is 0 Å². The molecule has 31 heavy (non-hydrogen) atoms. The third kappa shape index (κ3) is 3.54. The maximum atomic E-state index is 13.6. The van der Waals surface area contributed by atoms with Crippen LogP contribution in [0.4, 0.5) is 0 Å². The van der Waals surface area contributed by atoms with Gasteiger partial charge in [-0.1, -0.05) is 66.7 Å². The van der Waals surface area contributed by atoms with E-state index < -0.39 is 5.41 Å². The molecule has 4 heteroatoms. The van der Waals surface area contributed by atoms with E-state index in [-0.39, 0.29) is 17.8 Å². The van der Waals surface area contributed by atoms with Gasteiger partial charge in [-0.2, -0.15) is 11.3 Å². The van der Waals surface area contributed by atoms with Gasteiger partial charge in [0.1, 0.15) is 0 Å². The summed E-state index contributed by atoms with van der Waals surface area (Å²) in [6.07, 6.45) is 3.22. The first kappa shape index (κ1) is 20.2. The minimum absolute atomic E-state index is 0.0808. The lowest BCUT2D eigenvalue weighted by atomic mass is 9.59. The van der Waals surface area contributed by atoms with Crippen LogP contribution in [0, 0.1) is 11.3 Å². The number of hydrogen-bond donors (Lipinski definition) is 0. The highest BCUT2D eigenvalue weighted by molar-refractivity contribution is 7.08. The number of methoxy groups -OCH3 is 1. The molecule has 1 aromatic heterocycles. The van der Waals surface area contributed by atoms with Crippen molar-refractivity contribution in [2.24, 2.45) is 11.3 Å². The number of rotatable bonds is 5. The average Bonchev–Trinajstić information content (AvgIpc) is 3.48. The maximum Gasteiger partial charge on any atom is 0.314 e. The number of benzene rings is 2. The predicted molar refractivity (Wildman–Crippen MR) is 126 cm³/mol. The van der Waals surface area contributed by atoms with Gasteiger partial charge < -0.3 is 4.74 Å². The molecule has 3 atom stereocenters. The highest BCUT2D eigenvalue weighted by Gasteiger charge is 2.60. The number of esters is 1. The van der Waals surface area contributed by atoms with Crippen LogP contribution in [0.2, 0.25) is 0 Å². The third-order valence-corrected chi connectivity index (χ3v) is 7.67. The van der Waals surface area contributed by atoms with Gasteiger partial charge in [-0.15, -0.1) is 0 Å². The zero-order valence-electron chi connectivity index (χ0n) is 17.7. The van der Waals surface area contributed by atoms with Crippen molar-refractivity contribution in [1.82, 2.24) is 4.90 Å². The molecule has 0 bridgehead atoms. The van der Waals surface area contributed by atoms with Crippen LogP contribution in [0.3, 0.4) is 0 Å². The maximum absolute atomic E-state index is 13.6. The van der Waals surface area contributed by atoms with Crippen molar-refractivity contribution < 1.29 is 9.53 Å². The minimum atomic E-state index is -0.586. The molecule has 1 aliphatic carbocycles. The molecule has 158 valence electrons. The molecule has 2 aliphatic rings. The Bertz CT molecular complexity index is 1060. The number of fused-ring (bicyclic) bond motifs is 1. The fourth-order valence-corrected chi connectivity index (χ4v) is 6.32. The fraction of sp³-hybridized carbons (Fsp3) is 0.296. The summed E-state index contributed by atoms with van der Waals surface area (Å²) in [5.74, 6) is 0.134. The van der Waals surface area contributed by atoms with Crippen molar-refractivity contribution in [2.45, 2.75) is 18.9 Å². The number of thiophene rings is 1. The SMILES string of the molecule is COC(=O)C12CN(Cc3ccccc3)CC1C(c1ccsc1)=CCC2c1ccccc1. The monoisotopic (exact) mass is 429 g/mol. The summed E-state index contributed by atoms with van der Waals surface area (Å²) in [5, 5.41) is 4.33. The quantitative estimate of drug-likeness (QED) is 0.494. The summed E-state index contributed by atoms with van der Waals surface area (Å²) in [4.78, 5) is 16.0. The Labute approximate surface area is 188 Å². The largest absolute Gasteiger partial charge is 0.469 e. The van der Waals surface area contributed by atoms with E-state index in [4.69, 9.17) is 4.74 Å². The zero-order chi connectivity index (χ0) is 21.3. The van der Waals surface area contributed by atoms with Gasteiger partial charge in [0.05, 0.1) is 12.5 Å². The normalized spacial score (nSPS) is 25.6. The number of allylic oxidation sites excluding steroid dienone is 1. The fourth-order valence-electron chi connectivity index (χ4n) is 5.66. The second-order valence-corrected chi connectivity index (χ2v) is 9.39. The molecule has 1 saturated heterocycles. The van der Waals surface area contributed by atoms with Gasteiger partial charge in [-0.25, -0.2) is 0 Å². The Hall–Kier alpha value is -2.69. The summed E-state index contributed by atoms with van der Waals surface area (Å²) in [7, 11) is 1.54. The molecule has 2 aromatic carbocycles. The van der Waals surface area contributed by atoms with E-state index in [0.717, 1.165) is 19.5 Å². The number of ether oxygens (including phenoxy) is 1. The molecule has 1 fully saturated rings. The zero-order valence-corrected chi connectivity index (χ0v) is 18.6. The van der Waals surface area contributed by atoms with Crippen LogP contribution >= 0.6 is 11.3 Å². The van der Waals surface area contributed by atoms with Crippen LogP contribution in [0.1, 0.15) is 29.0 Å². The molecule has 0 radical (unpaired) electrons. The molecule has 5 rings (SSSR count). The van der Waals surface area contributed by atoms with Crippen LogP contribution in [0.15, 0.2) is 83.6 Å². The minimum Gasteiger partial charge on any atom is -0.469 e. The summed E-state index contributed by atoms with van der Waals surface area (Å²) >= 11 is 1.71. The first-order valence-corrected chi connectivity index (χ1v) is 11.8. The van der Waals surface area contributed by atoms with Crippen molar-refractivity contribution in [3.05, 3.63) is 100 Å². The second-order valence-electron chi connectivity index (χ2n) is 8.61. The molecule has 0 N–H and O–H groups in total. The Balaban J connectivity index is 1.60. The van der Waals surface area contributed by atoms with Gasteiger partial charge in [0.2, 0.25) is 0 Å². The predicted octanol–water partition coefficient (Wildman–Crippen LogP) is 5.61. The van der Waals surface area contributed by atoms with Gasteiger partial charge in [0.15, 0.2) is 0 Å². The number of carbonyl (C=O) groups excluding carboxylic acids is 1. The molecule has 0 spiro atoms. The van der Waals surface area contributed by atoms with E-state index in [0.29, 0.717) is 6.54 Å². The Morgan fingerprint density at radius 3 is 2.48 bits per heavy atom. The molecule has 3 nitrogen and oxygen atoms in total. The number of nitrogens with zero attached hydrogens (tertiary/aromatic N) is 1. The number of likely N-dealkylation sites (tertiary alicyclic amines) is 1. The van der Waals surface area contributed by atoms with E-state index >= 15 is 0 Å². The molecule has 3 unspecified atom stereocenters.